The molecule has 2 heterocycles. The molecular formula is C15H20ClN3S. The maximum atomic E-state index is 6.06. The van der Waals surface area contributed by atoms with Gasteiger partial charge in [-0.25, -0.2) is 9.97 Å². The molecule has 5 heteroatoms. The molecule has 0 aliphatic carbocycles. The van der Waals surface area contributed by atoms with Crippen molar-refractivity contribution in [3.05, 3.63) is 38.4 Å². The third-order valence-corrected chi connectivity index (χ3v) is 4.30. The maximum Gasteiger partial charge on any atom is 0.134 e. The van der Waals surface area contributed by atoms with Crippen molar-refractivity contribution in [3.8, 4) is 0 Å². The summed E-state index contributed by atoms with van der Waals surface area (Å²) < 4.78 is 0. The Morgan fingerprint density at radius 3 is 2.65 bits per heavy atom. The molecule has 0 saturated carbocycles. The summed E-state index contributed by atoms with van der Waals surface area (Å²) in [6, 6.07) is 4.22. The van der Waals surface area contributed by atoms with Crippen molar-refractivity contribution in [2.45, 2.75) is 46.6 Å². The van der Waals surface area contributed by atoms with Gasteiger partial charge in [0, 0.05) is 22.2 Å². The normalized spacial score (nSPS) is 12.4. The SMILES string of the molecule is CCCc1nc(Cl)cc(NC(C)c2cc(C)sc2C)n1. The number of nitrogens with zero attached hydrogens (tertiary/aromatic N) is 2. The van der Waals surface area contributed by atoms with E-state index in [0.29, 0.717) is 5.15 Å². The number of halogens is 1. The number of aryl methyl sites for hydroxylation is 3. The van der Waals surface area contributed by atoms with E-state index >= 15 is 0 Å². The maximum absolute atomic E-state index is 6.06. The van der Waals surface area contributed by atoms with Gasteiger partial charge in [0.1, 0.15) is 16.8 Å². The molecule has 0 aliphatic rings. The number of aromatic nitrogens is 2. The molecule has 0 saturated heterocycles. The first-order valence-electron chi connectivity index (χ1n) is 6.86. The molecule has 20 heavy (non-hydrogen) atoms. The number of hydrogen-bond acceptors (Lipinski definition) is 4. The second-order valence-corrected chi connectivity index (χ2v) is 6.82. The zero-order valence-corrected chi connectivity index (χ0v) is 13.9. The van der Waals surface area contributed by atoms with E-state index in [9.17, 15) is 0 Å². The summed E-state index contributed by atoms with van der Waals surface area (Å²) in [5.41, 5.74) is 1.32. The topological polar surface area (TPSA) is 37.8 Å². The Morgan fingerprint density at radius 1 is 1.30 bits per heavy atom. The van der Waals surface area contributed by atoms with E-state index < -0.39 is 0 Å². The standard InChI is InChI=1S/C15H20ClN3S/c1-5-6-14-18-13(16)8-15(19-14)17-10(3)12-7-9(2)20-11(12)4/h7-8,10H,5-6H2,1-4H3,(H,17,18,19). The molecule has 0 spiro atoms. The van der Waals surface area contributed by atoms with Crippen LogP contribution < -0.4 is 5.32 Å². The molecule has 0 aliphatic heterocycles. The van der Waals surface area contributed by atoms with Gasteiger partial charge in [-0.2, -0.15) is 0 Å². The molecule has 2 rings (SSSR count). The highest BCUT2D eigenvalue weighted by Gasteiger charge is 2.12. The summed E-state index contributed by atoms with van der Waals surface area (Å²) in [5, 5.41) is 3.92. The van der Waals surface area contributed by atoms with E-state index in [1.165, 1.54) is 15.3 Å². The van der Waals surface area contributed by atoms with Crippen molar-refractivity contribution in [2.75, 3.05) is 5.32 Å². The Labute approximate surface area is 129 Å². The predicted molar refractivity (Wildman–Crippen MR) is 86.9 cm³/mol. The van der Waals surface area contributed by atoms with E-state index in [0.717, 1.165) is 24.5 Å². The van der Waals surface area contributed by atoms with E-state index in [1.807, 2.05) is 11.3 Å². The molecular weight excluding hydrogens is 290 g/mol. The molecule has 1 unspecified atom stereocenters. The van der Waals surface area contributed by atoms with Crippen LogP contribution in [0.25, 0.3) is 0 Å². The van der Waals surface area contributed by atoms with Gasteiger partial charge in [-0.1, -0.05) is 18.5 Å². The van der Waals surface area contributed by atoms with Gasteiger partial charge < -0.3 is 5.32 Å². The second kappa shape index (κ2) is 6.55. The van der Waals surface area contributed by atoms with Crippen molar-refractivity contribution >= 4 is 28.8 Å². The van der Waals surface area contributed by atoms with E-state index in [4.69, 9.17) is 11.6 Å². The van der Waals surface area contributed by atoms with Crippen molar-refractivity contribution in [2.24, 2.45) is 0 Å². The molecule has 1 atom stereocenters. The lowest BCUT2D eigenvalue weighted by Gasteiger charge is -2.15. The van der Waals surface area contributed by atoms with Crippen LogP contribution in [0.4, 0.5) is 5.82 Å². The summed E-state index contributed by atoms with van der Waals surface area (Å²) in [6.07, 6.45) is 1.86. The lowest BCUT2D eigenvalue weighted by Crippen LogP contribution is -2.09. The molecule has 3 nitrogen and oxygen atoms in total. The average Bonchev–Trinajstić information content (AvgIpc) is 2.68. The van der Waals surface area contributed by atoms with Gasteiger partial charge in [0.05, 0.1) is 6.04 Å². The van der Waals surface area contributed by atoms with Gasteiger partial charge in [0.15, 0.2) is 0 Å². The van der Waals surface area contributed by atoms with E-state index in [1.54, 1.807) is 6.07 Å². The molecule has 0 radical (unpaired) electrons. The fourth-order valence-corrected chi connectivity index (χ4v) is 3.48. The fraction of sp³-hybridized carbons (Fsp3) is 0.467. The lowest BCUT2D eigenvalue weighted by molar-refractivity contribution is 0.818. The highest BCUT2D eigenvalue weighted by Crippen LogP contribution is 2.28. The summed E-state index contributed by atoms with van der Waals surface area (Å²) in [7, 11) is 0. The van der Waals surface area contributed by atoms with Gasteiger partial charge in [-0.15, -0.1) is 11.3 Å². The number of rotatable bonds is 5. The second-order valence-electron chi connectivity index (χ2n) is 4.98. The van der Waals surface area contributed by atoms with Gasteiger partial charge >= 0.3 is 0 Å². The van der Waals surface area contributed by atoms with Crippen molar-refractivity contribution in [1.82, 2.24) is 9.97 Å². The summed E-state index contributed by atoms with van der Waals surface area (Å²) in [4.78, 5) is 11.4. The molecule has 108 valence electrons. The number of hydrogen-bond donors (Lipinski definition) is 1. The van der Waals surface area contributed by atoms with Crippen LogP contribution in [0.2, 0.25) is 5.15 Å². The van der Waals surface area contributed by atoms with Crippen LogP contribution in [0.5, 0.6) is 0 Å². The van der Waals surface area contributed by atoms with Crippen LogP contribution in [-0.4, -0.2) is 9.97 Å². The number of anilines is 1. The fourth-order valence-electron chi connectivity index (χ4n) is 2.25. The first-order chi connectivity index (χ1) is 9.49. The minimum absolute atomic E-state index is 0.209. The first-order valence-corrected chi connectivity index (χ1v) is 8.06. The van der Waals surface area contributed by atoms with Crippen molar-refractivity contribution in [3.63, 3.8) is 0 Å². The Morgan fingerprint density at radius 2 is 2.05 bits per heavy atom. The minimum Gasteiger partial charge on any atom is -0.363 e. The summed E-state index contributed by atoms with van der Waals surface area (Å²) in [6.45, 7) is 8.54. The minimum atomic E-state index is 0.209. The zero-order chi connectivity index (χ0) is 14.7. The third-order valence-electron chi connectivity index (χ3n) is 3.13. The van der Waals surface area contributed by atoms with Crippen LogP contribution in [0, 0.1) is 13.8 Å². The highest BCUT2D eigenvalue weighted by molar-refractivity contribution is 7.12. The summed E-state index contributed by atoms with van der Waals surface area (Å²) in [5.74, 6) is 1.59. The predicted octanol–water partition coefficient (Wildman–Crippen LogP) is 4.93. The van der Waals surface area contributed by atoms with E-state index in [-0.39, 0.29) is 6.04 Å². The van der Waals surface area contributed by atoms with Crippen LogP contribution in [0.3, 0.4) is 0 Å². The molecule has 0 bridgehead atoms. The van der Waals surface area contributed by atoms with Gasteiger partial charge in [0.2, 0.25) is 0 Å². The quantitative estimate of drug-likeness (QED) is 0.795. The molecule has 1 N–H and O–H groups in total. The third kappa shape index (κ3) is 3.70. The van der Waals surface area contributed by atoms with Gasteiger partial charge in [0.25, 0.3) is 0 Å². The largest absolute Gasteiger partial charge is 0.363 e. The molecule has 0 amide bonds. The number of thiophene rings is 1. The zero-order valence-electron chi connectivity index (χ0n) is 12.3. The van der Waals surface area contributed by atoms with Gasteiger partial charge in [-0.05, 0) is 38.8 Å². The average molecular weight is 310 g/mol. The lowest BCUT2D eigenvalue weighted by atomic mass is 10.1. The molecule has 0 aromatic carbocycles. The summed E-state index contributed by atoms with van der Waals surface area (Å²) >= 11 is 7.89. The first kappa shape index (κ1) is 15.3. The van der Waals surface area contributed by atoms with Crippen LogP contribution in [-0.2, 0) is 6.42 Å². The van der Waals surface area contributed by atoms with Crippen molar-refractivity contribution in [1.29, 1.82) is 0 Å². The molecule has 2 aromatic heterocycles. The Balaban J connectivity index is 2.18. The molecule has 2 aromatic rings. The smallest absolute Gasteiger partial charge is 0.134 e. The monoisotopic (exact) mass is 309 g/mol. The van der Waals surface area contributed by atoms with E-state index in [2.05, 4.69) is 49.0 Å². The van der Waals surface area contributed by atoms with Crippen LogP contribution in [0.15, 0.2) is 12.1 Å². The highest BCUT2D eigenvalue weighted by atomic mass is 35.5. The molecule has 0 fully saturated rings. The number of nitrogens with one attached hydrogen (secondary N) is 1. The van der Waals surface area contributed by atoms with Crippen LogP contribution >= 0.6 is 22.9 Å². The van der Waals surface area contributed by atoms with Gasteiger partial charge in [-0.3, -0.25) is 0 Å². The Hall–Kier alpha value is -1.13. The Bertz CT molecular complexity index is 595. The van der Waals surface area contributed by atoms with Crippen LogP contribution in [0.1, 0.15) is 47.5 Å². The Kier molecular flexibility index (Phi) is 5.00. The van der Waals surface area contributed by atoms with Crippen molar-refractivity contribution < 1.29 is 0 Å².